The minimum absolute atomic E-state index is 0.0460. The first-order chi connectivity index (χ1) is 14.2. The van der Waals surface area contributed by atoms with Crippen LogP contribution in [0, 0.1) is 0 Å². The average Bonchev–Trinajstić information content (AvgIpc) is 2.68. The van der Waals surface area contributed by atoms with Gasteiger partial charge in [0.2, 0.25) is 5.91 Å². The molecule has 4 atom stereocenters. The van der Waals surface area contributed by atoms with Crippen LogP contribution < -0.4 is 11.1 Å². The molecule has 3 N–H and O–H groups in total. The van der Waals surface area contributed by atoms with E-state index in [1.54, 1.807) is 17.9 Å². The Labute approximate surface area is 180 Å². The van der Waals surface area contributed by atoms with Gasteiger partial charge in [0.15, 0.2) is 0 Å². The van der Waals surface area contributed by atoms with E-state index in [-0.39, 0.29) is 30.7 Å². The van der Waals surface area contributed by atoms with Crippen LogP contribution in [0.5, 0.6) is 0 Å². The van der Waals surface area contributed by atoms with Crippen LogP contribution >= 0.6 is 0 Å². The second kappa shape index (κ2) is 10.7. The summed E-state index contributed by atoms with van der Waals surface area (Å²) in [7, 11) is 3.90. The van der Waals surface area contributed by atoms with E-state index in [1.165, 1.54) is 0 Å². The summed E-state index contributed by atoms with van der Waals surface area (Å²) < 4.78 is 0. The van der Waals surface area contributed by atoms with E-state index in [4.69, 9.17) is 5.73 Å². The van der Waals surface area contributed by atoms with Gasteiger partial charge in [-0.2, -0.15) is 0 Å². The molecule has 2 aliphatic rings. The Morgan fingerprint density at radius 1 is 1.50 bits per heavy atom. The number of nitrogens with one attached hydrogen (secondary N) is 1. The Morgan fingerprint density at radius 3 is 2.77 bits per heavy atom. The molecule has 1 saturated heterocycles. The Hall–Kier alpha value is -2.26. The maximum Gasteiger partial charge on any atom is 0.241 e. The first-order valence-corrected chi connectivity index (χ1v) is 10.3. The van der Waals surface area contributed by atoms with Gasteiger partial charge >= 0.3 is 0 Å². The van der Waals surface area contributed by atoms with Gasteiger partial charge in [0.05, 0.1) is 12.6 Å². The van der Waals surface area contributed by atoms with Gasteiger partial charge < -0.3 is 20.7 Å². The lowest BCUT2D eigenvalue weighted by Gasteiger charge is -2.52. The summed E-state index contributed by atoms with van der Waals surface area (Å²) in [5, 5.41) is 7.16. The van der Waals surface area contributed by atoms with Crippen LogP contribution in [0.15, 0.2) is 48.7 Å². The van der Waals surface area contributed by atoms with E-state index in [9.17, 15) is 9.59 Å². The number of amides is 1. The summed E-state index contributed by atoms with van der Waals surface area (Å²) in [4.78, 5) is 28.3. The molecule has 30 heavy (non-hydrogen) atoms. The van der Waals surface area contributed by atoms with Crippen LogP contribution in [0.1, 0.15) is 13.8 Å². The fraction of sp³-hybridized carbons (Fsp3) is 0.545. The van der Waals surface area contributed by atoms with Crippen molar-refractivity contribution in [2.75, 3.05) is 40.3 Å². The summed E-state index contributed by atoms with van der Waals surface area (Å²) in [6, 6.07) is -0.476. The van der Waals surface area contributed by atoms with Gasteiger partial charge in [-0.1, -0.05) is 30.9 Å². The van der Waals surface area contributed by atoms with Gasteiger partial charge in [-0.05, 0) is 33.5 Å². The maximum atomic E-state index is 12.9. The molecule has 0 saturated carbocycles. The summed E-state index contributed by atoms with van der Waals surface area (Å²) in [5.74, 6) is -0.0784. The number of aldehydes is 1. The number of carbonyl (C=O) groups is 2. The maximum absolute atomic E-state index is 12.9. The highest BCUT2D eigenvalue weighted by Crippen LogP contribution is 2.24. The Bertz CT molecular complexity index is 718. The minimum atomic E-state index is -0.524. The topological polar surface area (TPSA) is 85.2 Å². The van der Waals surface area contributed by atoms with Crippen LogP contribution in [0.3, 0.4) is 0 Å². The zero-order valence-corrected chi connectivity index (χ0v) is 18.6. The highest BCUT2D eigenvalue weighted by atomic mass is 16.2. The number of allylic oxidation sites excluding steroid dienone is 1. The predicted octanol–water partition coefficient (Wildman–Crippen LogP) is 0.324. The highest BCUT2D eigenvalue weighted by Gasteiger charge is 2.41. The van der Waals surface area contributed by atoms with Crippen LogP contribution in [0.25, 0.3) is 0 Å². The predicted molar refractivity (Wildman–Crippen MR) is 120 cm³/mol. The van der Waals surface area contributed by atoms with E-state index in [2.05, 4.69) is 29.5 Å². The van der Waals surface area contributed by atoms with Gasteiger partial charge in [0.25, 0.3) is 0 Å². The van der Waals surface area contributed by atoms with Crippen molar-refractivity contribution < 1.29 is 9.59 Å². The molecule has 0 spiro atoms. The second-order valence-corrected chi connectivity index (χ2v) is 8.06. The van der Waals surface area contributed by atoms with E-state index < -0.39 is 6.04 Å². The number of likely N-dealkylation sites (N-methyl/N-ethyl adjacent to an activating group) is 2. The third-order valence-electron chi connectivity index (χ3n) is 5.48. The van der Waals surface area contributed by atoms with Gasteiger partial charge in [-0.3, -0.25) is 14.7 Å². The molecule has 8 nitrogen and oxygen atoms in total. The van der Waals surface area contributed by atoms with Gasteiger partial charge in [0.1, 0.15) is 12.5 Å². The smallest absolute Gasteiger partial charge is 0.241 e. The minimum Gasteiger partial charge on any atom is -0.323 e. The number of hydrogen-bond acceptors (Lipinski definition) is 7. The molecule has 2 rings (SSSR count). The number of hydrogen-bond donors (Lipinski definition) is 2. The van der Waals surface area contributed by atoms with Gasteiger partial charge in [0, 0.05) is 37.4 Å². The third-order valence-corrected chi connectivity index (χ3v) is 5.48. The number of hydrazine groups is 1. The zero-order chi connectivity index (χ0) is 22.4. The molecule has 1 aliphatic heterocycles. The Balaban J connectivity index is 2.26. The molecule has 0 aromatic carbocycles. The number of nitrogens with two attached hydrogens (primary N) is 1. The van der Waals surface area contributed by atoms with Crippen LogP contribution in [0.2, 0.25) is 0 Å². The molecule has 0 radical (unpaired) electrons. The molecule has 166 valence electrons. The second-order valence-electron chi connectivity index (χ2n) is 8.06. The molecule has 1 amide bonds. The summed E-state index contributed by atoms with van der Waals surface area (Å²) >= 11 is 0. The fourth-order valence-corrected chi connectivity index (χ4v) is 4.10. The number of carbonyl (C=O) groups excluding carboxylic acids is 2. The average molecular weight is 417 g/mol. The lowest BCUT2D eigenvalue weighted by atomic mass is 9.98. The molecule has 1 heterocycles. The van der Waals surface area contributed by atoms with Crippen molar-refractivity contribution in [2.45, 2.75) is 38.1 Å². The van der Waals surface area contributed by atoms with E-state index in [0.717, 1.165) is 17.6 Å². The number of nitrogens with zero attached hydrogens (tertiary/aromatic N) is 4. The molecule has 0 bridgehead atoms. The molecule has 0 aromatic rings. The largest absolute Gasteiger partial charge is 0.323 e. The lowest BCUT2D eigenvalue weighted by Crippen LogP contribution is -2.68. The van der Waals surface area contributed by atoms with Gasteiger partial charge in [-0.15, -0.1) is 6.58 Å². The first kappa shape index (κ1) is 24.0. The Morgan fingerprint density at radius 2 is 2.20 bits per heavy atom. The first-order valence-electron chi connectivity index (χ1n) is 10.3. The third kappa shape index (κ3) is 5.46. The molecule has 1 aliphatic carbocycles. The quantitative estimate of drug-likeness (QED) is 0.392. The molecular weight excluding hydrogens is 380 g/mol. The van der Waals surface area contributed by atoms with Crippen molar-refractivity contribution in [2.24, 2.45) is 5.73 Å². The van der Waals surface area contributed by atoms with Crippen molar-refractivity contribution in [1.29, 1.82) is 0 Å². The van der Waals surface area contributed by atoms with Gasteiger partial charge in [-0.25, -0.2) is 5.01 Å². The summed E-state index contributed by atoms with van der Waals surface area (Å²) in [5.41, 5.74) is 8.06. The summed E-state index contributed by atoms with van der Waals surface area (Å²) in [6.45, 7) is 13.5. The molecular formula is C22H36N6O2. The molecule has 0 aromatic heterocycles. The summed E-state index contributed by atoms with van der Waals surface area (Å²) in [6.07, 6.45) is 8.43. The van der Waals surface area contributed by atoms with Crippen molar-refractivity contribution in [3.63, 3.8) is 0 Å². The van der Waals surface area contributed by atoms with Crippen LogP contribution in [0.4, 0.5) is 0 Å². The highest BCUT2D eigenvalue weighted by molar-refractivity contribution is 5.82. The monoisotopic (exact) mass is 416 g/mol. The Kier molecular flexibility index (Phi) is 8.54. The van der Waals surface area contributed by atoms with Crippen molar-refractivity contribution in [3.8, 4) is 0 Å². The molecule has 1 fully saturated rings. The SMILES string of the molecule is C=CCN1CC(=O)N([C@@H](C)C=O)C(CN(C)CC2=CC(NC)C(N)C=C2)N1C(=C)C. The van der Waals surface area contributed by atoms with E-state index in [0.29, 0.717) is 19.6 Å². The lowest BCUT2D eigenvalue weighted by molar-refractivity contribution is -0.176. The van der Waals surface area contributed by atoms with E-state index in [1.807, 2.05) is 43.2 Å². The number of rotatable bonds is 10. The normalized spacial score (nSPS) is 26.0. The van der Waals surface area contributed by atoms with E-state index >= 15 is 0 Å². The molecule has 8 heteroatoms. The zero-order valence-electron chi connectivity index (χ0n) is 18.6. The van der Waals surface area contributed by atoms with Crippen LogP contribution in [-0.2, 0) is 9.59 Å². The van der Waals surface area contributed by atoms with Crippen molar-refractivity contribution in [1.82, 2.24) is 25.1 Å². The van der Waals surface area contributed by atoms with Crippen molar-refractivity contribution in [3.05, 3.63) is 48.7 Å². The van der Waals surface area contributed by atoms with Crippen LogP contribution in [-0.4, -0.2) is 96.6 Å². The molecule has 3 unspecified atom stereocenters. The fourth-order valence-electron chi connectivity index (χ4n) is 4.10. The standard InChI is InChI=1S/C22H36N6O2/c1-7-10-26-14-22(30)27(17(4)15-29)21(28(26)16(2)3)13-25(6)12-18-8-9-19(23)20(11-18)24-5/h7-9,11,15,17,19-21,24H,1-2,10,12-14,23H2,3-6H3/t17-,19?,20?,21?/m0/s1. The van der Waals surface area contributed by atoms with Crippen molar-refractivity contribution >= 4 is 12.2 Å².